The van der Waals surface area contributed by atoms with Crippen LogP contribution in [0.4, 0.5) is 5.82 Å². The molecule has 1 aliphatic heterocycles. The summed E-state index contributed by atoms with van der Waals surface area (Å²) < 4.78 is 30.6. The normalized spacial score (nSPS) is 15.8. The van der Waals surface area contributed by atoms with Gasteiger partial charge in [-0.1, -0.05) is 29.8 Å². The molecule has 3 rings (SSSR count). The fourth-order valence-corrected chi connectivity index (χ4v) is 4.30. The lowest BCUT2D eigenvalue weighted by molar-refractivity contribution is 0.180. The number of nitrogens with zero attached hydrogens (tertiary/aromatic N) is 4. The van der Waals surface area contributed by atoms with Gasteiger partial charge in [0.1, 0.15) is 11.6 Å². The Morgan fingerprint density at radius 1 is 1.04 bits per heavy atom. The zero-order valence-electron chi connectivity index (χ0n) is 17.0. The molecule has 0 bridgehead atoms. The first-order valence-electron chi connectivity index (χ1n) is 9.39. The predicted molar refractivity (Wildman–Crippen MR) is 110 cm³/mol. The Balaban J connectivity index is 1.94. The molecule has 28 heavy (non-hydrogen) atoms. The number of aromatic nitrogens is 2. The highest BCUT2D eigenvalue weighted by atomic mass is 32.2. The lowest BCUT2D eigenvalue weighted by Crippen LogP contribution is -2.49. The first kappa shape index (κ1) is 20.7. The number of methoxy groups -OCH3 is 1. The van der Waals surface area contributed by atoms with Crippen LogP contribution in [0.2, 0.25) is 0 Å². The van der Waals surface area contributed by atoms with Crippen LogP contribution in [0.5, 0.6) is 0 Å². The average molecular weight is 405 g/mol. The molecule has 0 N–H and O–H groups in total. The van der Waals surface area contributed by atoms with Crippen LogP contribution in [0.1, 0.15) is 28.2 Å². The van der Waals surface area contributed by atoms with Crippen molar-refractivity contribution in [3.8, 4) is 0 Å². The van der Waals surface area contributed by atoms with Gasteiger partial charge in [0.05, 0.1) is 18.6 Å². The Bertz CT molecular complexity index is 921. The van der Waals surface area contributed by atoms with Gasteiger partial charge in [0.2, 0.25) is 10.0 Å². The molecule has 0 saturated carbocycles. The molecule has 0 unspecified atom stereocenters. The Morgan fingerprint density at radius 3 is 2.25 bits per heavy atom. The maximum absolute atomic E-state index is 11.8. The standard InChI is InChI=1S/C20H28N4O3S/c1-15-5-7-17(8-6-15)13-18-19(14-27-3)21-16(2)22-20(18)23-9-11-24(12-10-23)28(4,25)26/h5-8H,9-14H2,1-4H3. The first-order chi connectivity index (χ1) is 13.3. The molecule has 0 aliphatic carbocycles. The number of benzene rings is 1. The van der Waals surface area contributed by atoms with Crippen LogP contribution < -0.4 is 4.90 Å². The number of piperazine rings is 1. The summed E-state index contributed by atoms with van der Waals surface area (Å²) >= 11 is 0. The van der Waals surface area contributed by atoms with E-state index in [1.807, 2.05) is 6.92 Å². The van der Waals surface area contributed by atoms with Crippen molar-refractivity contribution in [3.63, 3.8) is 0 Å². The molecule has 1 fully saturated rings. The molecule has 0 radical (unpaired) electrons. The number of hydrogen-bond acceptors (Lipinski definition) is 6. The van der Waals surface area contributed by atoms with Gasteiger partial charge in [0.15, 0.2) is 0 Å². The van der Waals surface area contributed by atoms with Crippen LogP contribution >= 0.6 is 0 Å². The molecule has 0 spiro atoms. The van der Waals surface area contributed by atoms with Crippen LogP contribution in [-0.2, 0) is 27.8 Å². The SMILES string of the molecule is COCc1nc(C)nc(N2CCN(S(C)(=O)=O)CC2)c1Cc1ccc(C)cc1. The van der Waals surface area contributed by atoms with Crippen LogP contribution in [-0.4, -0.2) is 62.2 Å². The van der Waals surface area contributed by atoms with Gasteiger partial charge in [-0.3, -0.25) is 0 Å². The average Bonchev–Trinajstić information content (AvgIpc) is 2.65. The Hall–Kier alpha value is -2.03. The molecule has 2 heterocycles. The molecule has 152 valence electrons. The van der Waals surface area contributed by atoms with Gasteiger partial charge in [0, 0.05) is 45.3 Å². The maximum Gasteiger partial charge on any atom is 0.211 e. The summed E-state index contributed by atoms with van der Waals surface area (Å²) in [5.41, 5.74) is 4.34. The van der Waals surface area contributed by atoms with Gasteiger partial charge >= 0.3 is 0 Å². The summed E-state index contributed by atoms with van der Waals surface area (Å²) in [7, 11) is -1.50. The maximum atomic E-state index is 11.8. The fraction of sp³-hybridized carbons (Fsp3) is 0.500. The second-order valence-electron chi connectivity index (χ2n) is 7.26. The Labute approximate surface area is 167 Å². The van der Waals surface area contributed by atoms with Crippen molar-refractivity contribution < 1.29 is 13.2 Å². The van der Waals surface area contributed by atoms with E-state index in [1.54, 1.807) is 7.11 Å². The molecular formula is C20H28N4O3S. The molecule has 0 amide bonds. The predicted octanol–water partition coefficient (Wildman–Crippen LogP) is 1.91. The quantitative estimate of drug-likeness (QED) is 0.732. The number of aryl methyl sites for hydroxylation is 2. The van der Waals surface area contributed by atoms with Gasteiger partial charge < -0.3 is 9.64 Å². The number of rotatable bonds is 6. The highest BCUT2D eigenvalue weighted by Gasteiger charge is 2.26. The molecule has 8 heteroatoms. The number of sulfonamides is 1. The molecule has 2 aromatic rings. The van der Waals surface area contributed by atoms with Gasteiger partial charge in [-0.2, -0.15) is 4.31 Å². The highest BCUT2D eigenvalue weighted by molar-refractivity contribution is 7.88. The molecule has 1 aliphatic rings. The van der Waals surface area contributed by atoms with Crippen LogP contribution in [0.25, 0.3) is 0 Å². The second kappa shape index (κ2) is 8.55. The summed E-state index contributed by atoms with van der Waals surface area (Å²) in [6, 6.07) is 8.45. The van der Waals surface area contributed by atoms with E-state index in [1.165, 1.54) is 21.7 Å². The summed E-state index contributed by atoms with van der Waals surface area (Å²) in [5, 5.41) is 0. The molecule has 1 aromatic carbocycles. The molecule has 1 saturated heterocycles. The lowest BCUT2D eigenvalue weighted by atomic mass is 10.0. The van der Waals surface area contributed by atoms with Gasteiger partial charge in [-0.15, -0.1) is 0 Å². The highest BCUT2D eigenvalue weighted by Crippen LogP contribution is 2.26. The fourth-order valence-electron chi connectivity index (χ4n) is 3.48. The van der Waals surface area contributed by atoms with Gasteiger partial charge in [-0.05, 0) is 19.4 Å². The molecule has 7 nitrogen and oxygen atoms in total. The third kappa shape index (κ3) is 4.87. The summed E-state index contributed by atoms with van der Waals surface area (Å²) in [6.07, 6.45) is 1.97. The van der Waals surface area contributed by atoms with E-state index in [2.05, 4.69) is 41.1 Å². The van der Waals surface area contributed by atoms with Crippen molar-refractivity contribution in [3.05, 3.63) is 52.5 Å². The van der Waals surface area contributed by atoms with Crippen molar-refractivity contribution >= 4 is 15.8 Å². The monoisotopic (exact) mass is 404 g/mol. The van der Waals surface area contributed by atoms with Gasteiger partial charge in [0.25, 0.3) is 0 Å². The molecule has 0 atom stereocenters. The second-order valence-corrected chi connectivity index (χ2v) is 9.25. The number of ether oxygens (including phenoxy) is 1. The first-order valence-corrected chi connectivity index (χ1v) is 11.2. The molecule has 1 aromatic heterocycles. The summed E-state index contributed by atoms with van der Waals surface area (Å²) in [6.45, 7) is 6.51. The van der Waals surface area contributed by atoms with Crippen molar-refractivity contribution in [2.45, 2.75) is 26.9 Å². The van der Waals surface area contributed by atoms with Crippen LogP contribution in [0.15, 0.2) is 24.3 Å². The summed E-state index contributed by atoms with van der Waals surface area (Å²) in [4.78, 5) is 11.5. The minimum atomic E-state index is -3.17. The van der Waals surface area contributed by atoms with Crippen LogP contribution in [0, 0.1) is 13.8 Å². The van der Waals surface area contributed by atoms with E-state index >= 15 is 0 Å². The Morgan fingerprint density at radius 2 is 1.68 bits per heavy atom. The van der Waals surface area contributed by atoms with Crippen molar-refractivity contribution in [1.29, 1.82) is 0 Å². The number of hydrogen-bond donors (Lipinski definition) is 0. The van der Waals surface area contributed by atoms with E-state index < -0.39 is 10.0 Å². The third-order valence-corrected chi connectivity index (χ3v) is 6.28. The zero-order valence-corrected chi connectivity index (χ0v) is 17.8. The lowest BCUT2D eigenvalue weighted by Gasteiger charge is -2.35. The Kier molecular flexibility index (Phi) is 6.32. The zero-order chi connectivity index (χ0) is 20.3. The topological polar surface area (TPSA) is 75.6 Å². The molecular weight excluding hydrogens is 376 g/mol. The van der Waals surface area contributed by atoms with Crippen LogP contribution in [0.3, 0.4) is 0 Å². The van der Waals surface area contributed by atoms with Gasteiger partial charge in [-0.25, -0.2) is 18.4 Å². The van der Waals surface area contributed by atoms with Crippen molar-refractivity contribution in [1.82, 2.24) is 14.3 Å². The largest absolute Gasteiger partial charge is 0.378 e. The van der Waals surface area contributed by atoms with E-state index in [-0.39, 0.29) is 0 Å². The summed E-state index contributed by atoms with van der Waals surface area (Å²) in [5.74, 6) is 1.58. The van der Waals surface area contributed by atoms with Crippen molar-refractivity contribution in [2.75, 3.05) is 44.4 Å². The smallest absolute Gasteiger partial charge is 0.211 e. The van der Waals surface area contributed by atoms with E-state index in [4.69, 9.17) is 9.72 Å². The third-order valence-electron chi connectivity index (χ3n) is 4.97. The minimum absolute atomic E-state index is 0.418. The van der Waals surface area contributed by atoms with E-state index in [0.29, 0.717) is 45.0 Å². The minimum Gasteiger partial charge on any atom is -0.378 e. The van der Waals surface area contributed by atoms with E-state index in [9.17, 15) is 8.42 Å². The number of anilines is 1. The van der Waals surface area contributed by atoms with E-state index in [0.717, 1.165) is 17.1 Å². The van der Waals surface area contributed by atoms with Crippen molar-refractivity contribution in [2.24, 2.45) is 0 Å².